The third kappa shape index (κ3) is 6.27. The summed E-state index contributed by atoms with van der Waals surface area (Å²) in [6.45, 7) is 0. The Morgan fingerprint density at radius 3 is 1.63 bits per heavy atom. The molecule has 0 radical (unpaired) electrons. The van der Waals surface area contributed by atoms with E-state index < -0.39 is 0 Å². The Labute approximate surface area is 303 Å². The summed E-state index contributed by atoms with van der Waals surface area (Å²) >= 11 is 0. The molecule has 2 heterocycles. The number of aromatic nitrogens is 3. The molecule has 248 valence electrons. The minimum Gasteiger partial charge on any atom is -0.456 e. The van der Waals surface area contributed by atoms with Crippen molar-refractivity contribution in [3.63, 3.8) is 0 Å². The van der Waals surface area contributed by atoms with Gasteiger partial charge in [0, 0.05) is 33.4 Å². The summed E-state index contributed by atoms with van der Waals surface area (Å²) in [4.78, 5) is 15.2. The molecule has 9 aromatic rings. The summed E-state index contributed by atoms with van der Waals surface area (Å²) in [5, 5.41) is 2.06. The van der Waals surface area contributed by atoms with E-state index in [0.717, 1.165) is 51.5 Å². The second kappa shape index (κ2) is 13.9. The summed E-state index contributed by atoms with van der Waals surface area (Å²) in [5.74, 6) is 2.10. The number of aryl methyl sites for hydroxylation is 1. The van der Waals surface area contributed by atoms with Crippen LogP contribution in [0.1, 0.15) is 29.0 Å². The van der Waals surface area contributed by atoms with E-state index in [1.807, 2.05) is 72.8 Å². The van der Waals surface area contributed by atoms with E-state index in [0.29, 0.717) is 17.5 Å². The first kappa shape index (κ1) is 31.3. The standard InChI is InChI=1S/C48H35N3O/c1-5-16-34(17-6-1)38-24-15-25-39(32-38)40(35-18-7-2-8-19-35)29-28-33-30-42(45-41-26-13-14-27-43(41)52-44(45)31-33)48-50-46(36-20-9-3-10-21-36)49-47(51-48)37-22-11-4-12-23-37/h1-27,30-32,40H,28-29H2. The molecule has 4 heteroatoms. The van der Waals surface area contributed by atoms with Gasteiger partial charge in [-0.05, 0) is 58.9 Å². The molecule has 1 atom stereocenters. The fraction of sp³-hybridized carbons (Fsp3) is 0.0625. The smallest absolute Gasteiger partial charge is 0.164 e. The van der Waals surface area contributed by atoms with Crippen molar-refractivity contribution in [1.82, 2.24) is 15.0 Å². The quantitative estimate of drug-likeness (QED) is 0.153. The highest BCUT2D eigenvalue weighted by molar-refractivity contribution is 6.12. The first-order valence-electron chi connectivity index (χ1n) is 17.8. The maximum atomic E-state index is 6.55. The lowest BCUT2D eigenvalue weighted by molar-refractivity contribution is 0.666. The van der Waals surface area contributed by atoms with Gasteiger partial charge in [-0.15, -0.1) is 0 Å². The van der Waals surface area contributed by atoms with Crippen molar-refractivity contribution in [2.24, 2.45) is 0 Å². The molecule has 2 aromatic heterocycles. The first-order valence-corrected chi connectivity index (χ1v) is 17.8. The fourth-order valence-electron chi connectivity index (χ4n) is 7.25. The molecule has 0 amide bonds. The fourth-order valence-corrected chi connectivity index (χ4v) is 7.25. The van der Waals surface area contributed by atoms with Crippen molar-refractivity contribution < 1.29 is 4.42 Å². The van der Waals surface area contributed by atoms with Gasteiger partial charge in [-0.3, -0.25) is 0 Å². The van der Waals surface area contributed by atoms with Gasteiger partial charge in [-0.25, -0.2) is 15.0 Å². The van der Waals surface area contributed by atoms with Gasteiger partial charge >= 0.3 is 0 Å². The Kier molecular flexibility index (Phi) is 8.40. The van der Waals surface area contributed by atoms with Crippen molar-refractivity contribution in [1.29, 1.82) is 0 Å². The van der Waals surface area contributed by atoms with Crippen molar-refractivity contribution in [2.45, 2.75) is 18.8 Å². The van der Waals surface area contributed by atoms with Crippen LogP contribution in [0.3, 0.4) is 0 Å². The number of rotatable bonds is 9. The molecule has 0 aliphatic carbocycles. The van der Waals surface area contributed by atoms with Crippen LogP contribution in [0.15, 0.2) is 186 Å². The lowest BCUT2D eigenvalue weighted by Crippen LogP contribution is -2.04. The van der Waals surface area contributed by atoms with Crippen LogP contribution in [0.2, 0.25) is 0 Å². The first-order chi connectivity index (χ1) is 25.8. The van der Waals surface area contributed by atoms with E-state index in [1.165, 1.54) is 27.8 Å². The van der Waals surface area contributed by atoms with Gasteiger partial charge in [0.05, 0.1) is 0 Å². The summed E-state index contributed by atoms with van der Waals surface area (Å²) in [6, 6.07) is 63.4. The normalized spacial score (nSPS) is 11.9. The summed E-state index contributed by atoms with van der Waals surface area (Å²) in [5.41, 5.74) is 10.7. The van der Waals surface area contributed by atoms with Crippen LogP contribution >= 0.6 is 0 Å². The molecule has 0 fully saturated rings. The Bertz CT molecular complexity index is 2560. The number of hydrogen-bond donors (Lipinski definition) is 0. The van der Waals surface area contributed by atoms with Crippen LogP contribution in [-0.2, 0) is 6.42 Å². The monoisotopic (exact) mass is 669 g/mol. The third-order valence-electron chi connectivity index (χ3n) is 9.80. The number of hydrogen-bond acceptors (Lipinski definition) is 4. The summed E-state index contributed by atoms with van der Waals surface area (Å²) < 4.78 is 6.55. The largest absolute Gasteiger partial charge is 0.456 e. The van der Waals surface area contributed by atoms with Crippen LogP contribution in [0.4, 0.5) is 0 Å². The molecule has 0 aliphatic rings. The SMILES string of the molecule is c1ccc(-c2cccc(C(CCc3cc(-c4nc(-c5ccccc5)nc(-c5ccccc5)n4)c4c(c3)oc3ccccc34)c3ccccc3)c2)cc1. The van der Waals surface area contributed by atoms with Crippen molar-refractivity contribution in [3.05, 3.63) is 199 Å². The van der Waals surface area contributed by atoms with Crippen LogP contribution < -0.4 is 0 Å². The Hall–Kier alpha value is -6.65. The Morgan fingerprint density at radius 2 is 0.962 bits per heavy atom. The number of furan rings is 1. The molecule has 1 unspecified atom stereocenters. The van der Waals surface area contributed by atoms with Gasteiger partial charge < -0.3 is 4.42 Å². The van der Waals surface area contributed by atoms with Gasteiger partial charge in [0.2, 0.25) is 0 Å². The van der Waals surface area contributed by atoms with Crippen LogP contribution in [0.25, 0.3) is 67.2 Å². The number of para-hydroxylation sites is 1. The zero-order valence-electron chi connectivity index (χ0n) is 28.6. The number of fused-ring (bicyclic) bond motifs is 3. The van der Waals surface area contributed by atoms with Gasteiger partial charge in [-0.2, -0.15) is 0 Å². The van der Waals surface area contributed by atoms with E-state index in [2.05, 4.69) is 109 Å². The molecular weight excluding hydrogens is 635 g/mol. The van der Waals surface area contributed by atoms with E-state index >= 15 is 0 Å². The third-order valence-corrected chi connectivity index (χ3v) is 9.80. The van der Waals surface area contributed by atoms with Crippen LogP contribution in [0, 0.1) is 0 Å². The molecule has 52 heavy (non-hydrogen) atoms. The molecule has 0 N–H and O–H groups in total. The maximum Gasteiger partial charge on any atom is 0.164 e. The van der Waals surface area contributed by atoms with E-state index in [1.54, 1.807) is 0 Å². The zero-order valence-corrected chi connectivity index (χ0v) is 28.6. The van der Waals surface area contributed by atoms with E-state index in [-0.39, 0.29) is 5.92 Å². The lowest BCUT2D eigenvalue weighted by atomic mass is 9.85. The molecule has 0 aliphatic heterocycles. The number of benzene rings is 7. The number of nitrogens with zero attached hydrogens (tertiary/aromatic N) is 3. The molecular formula is C48H35N3O. The molecule has 0 spiro atoms. The highest BCUT2D eigenvalue weighted by atomic mass is 16.3. The van der Waals surface area contributed by atoms with E-state index in [9.17, 15) is 0 Å². The Balaban J connectivity index is 1.17. The van der Waals surface area contributed by atoms with Gasteiger partial charge in [0.25, 0.3) is 0 Å². The second-order valence-corrected chi connectivity index (χ2v) is 13.1. The topological polar surface area (TPSA) is 51.8 Å². The molecule has 7 aromatic carbocycles. The van der Waals surface area contributed by atoms with Crippen molar-refractivity contribution in [3.8, 4) is 45.3 Å². The Morgan fingerprint density at radius 1 is 0.423 bits per heavy atom. The lowest BCUT2D eigenvalue weighted by Gasteiger charge is -2.20. The average Bonchev–Trinajstić information content (AvgIpc) is 3.60. The maximum absolute atomic E-state index is 6.55. The second-order valence-electron chi connectivity index (χ2n) is 13.1. The predicted molar refractivity (Wildman–Crippen MR) is 212 cm³/mol. The minimum atomic E-state index is 0.200. The van der Waals surface area contributed by atoms with Gasteiger partial charge in [0.1, 0.15) is 11.2 Å². The predicted octanol–water partition coefficient (Wildman–Crippen LogP) is 12.2. The highest BCUT2D eigenvalue weighted by Crippen LogP contribution is 2.39. The molecule has 0 bridgehead atoms. The van der Waals surface area contributed by atoms with Crippen molar-refractivity contribution in [2.75, 3.05) is 0 Å². The van der Waals surface area contributed by atoms with Crippen LogP contribution in [-0.4, -0.2) is 15.0 Å². The molecule has 9 rings (SSSR count). The average molecular weight is 670 g/mol. The van der Waals surface area contributed by atoms with Crippen LogP contribution in [0.5, 0.6) is 0 Å². The molecule has 0 saturated carbocycles. The molecule has 4 nitrogen and oxygen atoms in total. The summed E-state index contributed by atoms with van der Waals surface area (Å²) in [6.07, 6.45) is 1.74. The summed E-state index contributed by atoms with van der Waals surface area (Å²) in [7, 11) is 0. The van der Waals surface area contributed by atoms with Gasteiger partial charge in [-0.1, -0.05) is 164 Å². The minimum absolute atomic E-state index is 0.200. The van der Waals surface area contributed by atoms with Gasteiger partial charge in [0.15, 0.2) is 17.5 Å². The van der Waals surface area contributed by atoms with Crippen molar-refractivity contribution >= 4 is 21.9 Å². The molecule has 0 saturated heterocycles. The van der Waals surface area contributed by atoms with E-state index in [4.69, 9.17) is 19.4 Å². The zero-order chi connectivity index (χ0) is 34.7. The highest BCUT2D eigenvalue weighted by Gasteiger charge is 2.21.